The predicted molar refractivity (Wildman–Crippen MR) is 133 cm³/mol. The molecule has 39 heavy (non-hydrogen) atoms. The van der Waals surface area contributed by atoms with Gasteiger partial charge in [0.2, 0.25) is 5.91 Å². The Bertz CT molecular complexity index is 1450. The highest BCUT2D eigenvalue weighted by molar-refractivity contribution is 7.92. The number of rotatable bonds is 8. The van der Waals surface area contributed by atoms with Crippen molar-refractivity contribution >= 4 is 32.1 Å². The maximum Gasteiger partial charge on any atom is 0.534 e. The Labute approximate surface area is 223 Å². The third-order valence-corrected chi connectivity index (χ3v) is 9.65. The van der Waals surface area contributed by atoms with E-state index in [1.807, 2.05) is 0 Å². The first-order valence-electron chi connectivity index (χ1n) is 12.0. The molecular weight excluding hydrogens is 563 g/mol. The van der Waals surface area contributed by atoms with Gasteiger partial charge in [-0.2, -0.15) is 21.6 Å². The fraction of sp³-hybridized carbons (Fsp3) is 0.417. The molecule has 0 spiro atoms. The Morgan fingerprint density at radius 2 is 1.74 bits per heavy atom. The van der Waals surface area contributed by atoms with Gasteiger partial charge in [0.05, 0.1) is 10.9 Å². The molecule has 0 aromatic heterocycles. The van der Waals surface area contributed by atoms with Crippen LogP contribution in [-0.2, 0) is 31.2 Å². The molecule has 1 fully saturated rings. The lowest BCUT2D eigenvalue weighted by atomic mass is 9.87. The minimum Gasteiger partial charge on any atom is -0.376 e. The Kier molecular flexibility index (Phi) is 8.35. The zero-order valence-electron chi connectivity index (χ0n) is 20.4. The largest absolute Gasteiger partial charge is 0.534 e. The topological polar surface area (TPSA) is 148 Å². The van der Waals surface area contributed by atoms with Gasteiger partial charge in [0.1, 0.15) is 17.4 Å². The summed E-state index contributed by atoms with van der Waals surface area (Å²) in [6.07, 6.45) is 1.97. The van der Waals surface area contributed by atoms with Gasteiger partial charge >= 0.3 is 15.6 Å². The third kappa shape index (κ3) is 6.42. The fourth-order valence-corrected chi connectivity index (χ4v) is 6.95. The van der Waals surface area contributed by atoms with E-state index in [4.69, 9.17) is 0 Å². The summed E-state index contributed by atoms with van der Waals surface area (Å²) in [4.78, 5) is 23.9. The molecule has 2 unspecified atom stereocenters. The van der Waals surface area contributed by atoms with E-state index in [1.54, 1.807) is 0 Å². The van der Waals surface area contributed by atoms with Crippen LogP contribution >= 0.6 is 0 Å². The van der Waals surface area contributed by atoms with Crippen molar-refractivity contribution in [1.29, 1.82) is 0 Å². The normalized spacial score (nSPS) is 22.0. The first-order chi connectivity index (χ1) is 18.3. The summed E-state index contributed by atoms with van der Waals surface area (Å²) in [5, 5.41) is 7.78. The molecule has 212 valence electrons. The molecule has 2 aliphatic rings. The number of alkyl halides is 3. The maximum atomic E-state index is 13.3. The van der Waals surface area contributed by atoms with Crippen molar-refractivity contribution < 1.29 is 43.8 Å². The number of benzene rings is 2. The number of nitrogens with one attached hydrogen (secondary N) is 3. The average Bonchev–Trinajstić information content (AvgIpc) is 2.88. The number of hydrogen-bond acceptors (Lipinski definition) is 9. The van der Waals surface area contributed by atoms with Crippen molar-refractivity contribution in [2.75, 3.05) is 13.1 Å². The van der Waals surface area contributed by atoms with Gasteiger partial charge in [0, 0.05) is 31.1 Å². The standard InChI is InChI=1S/C24H26F3N3O7S2/c25-24(26,27)39(35,36)37-17-6-9-19-16(12-17)2-1-3-20(19)30-22(32)13-21-23(29-11-10-28-21)38(33,34)18-7-4-15(14-31)5-8-18/h4-9,12,14,20-21,23,28-29H,1-3,10-11,13H2,(H,30,32)/t20-,21?,23?/m1/s1. The Morgan fingerprint density at radius 1 is 1.05 bits per heavy atom. The zero-order valence-corrected chi connectivity index (χ0v) is 22.0. The highest BCUT2D eigenvalue weighted by Gasteiger charge is 2.48. The van der Waals surface area contributed by atoms with E-state index in [0.717, 1.165) is 6.07 Å². The number of halogens is 3. The van der Waals surface area contributed by atoms with Crippen LogP contribution in [0.15, 0.2) is 47.4 Å². The molecule has 1 heterocycles. The van der Waals surface area contributed by atoms with Gasteiger partial charge in [-0.3, -0.25) is 14.9 Å². The van der Waals surface area contributed by atoms with E-state index in [2.05, 4.69) is 20.1 Å². The molecule has 1 aliphatic heterocycles. The van der Waals surface area contributed by atoms with Crippen LogP contribution in [0.2, 0.25) is 0 Å². The summed E-state index contributed by atoms with van der Waals surface area (Å²) in [7, 11) is -9.72. The smallest absolute Gasteiger partial charge is 0.376 e. The van der Waals surface area contributed by atoms with E-state index in [0.29, 0.717) is 55.3 Å². The van der Waals surface area contributed by atoms with Gasteiger partial charge in [-0.05, 0) is 54.7 Å². The highest BCUT2D eigenvalue weighted by atomic mass is 32.2. The van der Waals surface area contributed by atoms with Gasteiger partial charge < -0.3 is 14.8 Å². The number of piperazine rings is 1. The zero-order chi connectivity index (χ0) is 28.4. The van der Waals surface area contributed by atoms with Crippen molar-refractivity contribution in [1.82, 2.24) is 16.0 Å². The molecule has 3 N–H and O–H groups in total. The second kappa shape index (κ2) is 11.2. The Hall–Kier alpha value is -3.01. The van der Waals surface area contributed by atoms with Gasteiger partial charge in [-0.15, -0.1) is 0 Å². The number of carbonyl (C=O) groups excluding carboxylic acids is 2. The van der Waals surface area contributed by atoms with Crippen molar-refractivity contribution in [3.8, 4) is 5.75 Å². The number of sulfone groups is 1. The van der Waals surface area contributed by atoms with E-state index in [1.165, 1.54) is 36.4 Å². The Morgan fingerprint density at radius 3 is 2.41 bits per heavy atom. The molecule has 2 aromatic rings. The van der Waals surface area contributed by atoms with E-state index >= 15 is 0 Å². The van der Waals surface area contributed by atoms with Gasteiger partial charge in [-0.1, -0.05) is 18.2 Å². The third-order valence-electron chi connectivity index (χ3n) is 6.58. The molecule has 0 bridgehead atoms. The number of carbonyl (C=O) groups is 2. The van der Waals surface area contributed by atoms with Crippen LogP contribution in [0.1, 0.15) is 46.8 Å². The van der Waals surface area contributed by atoms with Crippen molar-refractivity contribution in [2.45, 2.75) is 53.5 Å². The quantitative estimate of drug-likeness (QED) is 0.239. The minimum atomic E-state index is -5.81. The monoisotopic (exact) mass is 589 g/mol. The summed E-state index contributed by atoms with van der Waals surface area (Å²) in [5.41, 5.74) is -4.09. The van der Waals surface area contributed by atoms with Crippen LogP contribution in [0.25, 0.3) is 0 Å². The molecule has 0 radical (unpaired) electrons. The maximum absolute atomic E-state index is 13.3. The van der Waals surface area contributed by atoms with Crippen LogP contribution in [0.3, 0.4) is 0 Å². The van der Waals surface area contributed by atoms with E-state index in [9.17, 15) is 39.6 Å². The molecule has 3 atom stereocenters. The van der Waals surface area contributed by atoms with Crippen molar-refractivity contribution in [2.24, 2.45) is 0 Å². The number of aryl methyl sites for hydroxylation is 1. The van der Waals surface area contributed by atoms with Gasteiger partial charge in [0.25, 0.3) is 0 Å². The lowest BCUT2D eigenvalue weighted by Crippen LogP contribution is -2.60. The summed E-state index contributed by atoms with van der Waals surface area (Å²) in [6.45, 7) is 0.794. The lowest BCUT2D eigenvalue weighted by molar-refractivity contribution is -0.122. The molecule has 1 saturated heterocycles. The van der Waals surface area contributed by atoms with Crippen LogP contribution in [-0.4, -0.2) is 59.0 Å². The molecule has 15 heteroatoms. The molecule has 1 aliphatic carbocycles. The van der Waals surface area contributed by atoms with Crippen LogP contribution < -0.4 is 20.1 Å². The summed E-state index contributed by atoms with van der Waals surface area (Å²) in [6, 6.07) is 7.92. The first kappa shape index (κ1) is 29.0. The van der Waals surface area contributed by atoms with Gasteiger partial charge in [-0.25, -0.2) is 8.42 Å². The van der Waals surface area contributed by atoms with Crippen molar-refractivity contribution in [3.63, 3.8) is 0 Å². The van der Waals surface area contributed by atoms with Gasteiger partial charge in [0.15, 0.2) is 9.84 Å². The second-order valence-electron chi connectivity index (χ2n) is 9.23. The van der Waals surface area contributed by atoms with Crippen LogP contribution in [0.4, 0.5) is 13.2 Å². The average molecular weight is 590 g/mol. The number of aldehydes is 1. The molecule has 4 rings (SSSR count). The molecule has 2 aromatic carbocycles. The second-order valence-corrected chi connectivity index (χ2v) is 12.8. The highest BCUT2D eigenvalue weighted by Crippen LogP contribution is 2.34. The summed E-state index contributed by atoms with van der Waals surface area (Å²) >= 11 is 0. The molecule has 10 nitrogen and oxygen atoms in total. The minimum absolute atomic E-state index is 0.00600. The molecule has 0 saturated carbocycles. The Balaban J connectivity index is 1.46. The number of fused-ring (bicyclic) bond motifs is 1. The van der Waals surface area contributed by atoms with Crippen LogP contribution in [0, 0.1) is 0 Å². The summed E-state index contributed by atoms with van der Waals surface area (Å²) < 4.78 is 91.4. The molecular formula is C24H26F3N3O7S2. The fourth-order valence-electron chi connectivity index (χ4n) is 4.73. The van der Waals surface area contributed by atoms with Crippen molar-refractivity contribution in [3.05, 3.63) is 59.2 Å². The number of amides is 1. The van der Waals surface area contributed by atoms with E-state index in [-0.39, 0.29) is 11.3 Å². The first-order valence-corrected chi connectivity index (χ1v) is 15.0. The van der Waals surface area contributed by atoms with E-state index < -0.39 is 54.6 Å². The molecule has 1 amide bonds. The summed E-state index contributed by atoms with van der Waals surface area (Å²) in [5.74, 6) is -0.921. The number of hydrogen-bond donors (Lipinski definition) is 3. The lowest BCUT2D eigenvalue weighted by Gasteiger charge is -2.34. The predicted octanol–water partition coefficient (Wildman–Crippen LogP) is 1.97. The SMILES string of the molecule is O=Cc1ccc(S(=O)(=O)C2NCCNC2CC(=O)N[C@@H]2CCCc3cc(OS(=O)(=O)C(F)(F)F)ccc32)cc1. The van der Waals surface area contributed by atoms with Crippen LogP contribution in [0.5, 0.6) is 5.75 Å².